The van der Waals surface area contributed by atoms with Crippen LogP contribution in [0.5, 0.6) is 5.75 Å². The molecule has 5 rings (SSSR count). The molecule has 1 N–H and O–H groups in total. The second-order valence-corrected chi connectivity index (χ2v) is 9.61. The maximum Gasteiger partial charge on any atom is 0.310 e. The van der Waals surface area contributed by atoms with Crippen LogP contribution in [-0.2, 0) is 20.7 Å². The number of ketones is 1. The predicted molar refractivity (Wildman–Crippen MR) is 111 cm³/mol. The second kappa shape index (κ2) is 8.40. The summed E-state index contributed by atoms with van der Waals surface area (Å²) in [5, 5.41) is 3.02. The molecule has 0 aromatic heterocycles. The smallest absolute Gasteiger partial charge is 0.310 e. The molecule has 0 radical (unpaired) electrons. The van der Waals surface area contributed by atoms with Crippen LogP contribution in [0.15, 0.2) is 18.2 Å². The van der Waals surface area contributed by atoms with Crippen LogP contribution < -0.4 is 10.1 Å². The molecule has 4 bridgehead atoms. The Morgan fingerprint density at radius 1 is 1.07 bits per heavy atom. The van der Waals surface area contributed by atoms with E-state index in [0.29, 0.717) is 23.4 Å². The van der Waals surface area contributed by atoms with E-state index in [1.807, 2.05) is 0 Å². The number of Topliss-reactive ketones (excluding diaryl/α,β-unsaturated/α-hetero) is 1. The van der Waals surface area contributed by atoms with Gasteiger partial charge in [0.15, 0.2) is 12.4 Å². The highest BCUT2D eigenvalue weighted by molar-refractivity contribution is 5.94. The number of rotatable bonds is 8. The Hall–Kier alpha value is -2.37. The van der Waals surface area contributed by atoms with Gasteiger partial charge in [-0.15, -0.1) is 0 Å². The van der Waals surface area contributed by atoms with E-state index < -0.39 is 5.97 Å². The summed E-state index contributed by atoms with van der Waals surface area (Å²) in [6, 6.07) is 4.96. The number of ether oxygens (including phenoxy) is 2. The number of esters is 1. The molecule has 4 aliphatic carbocycles. The molecule has 4 fully saturated rings. The van der Waals surface area contributed by atoms with Crippen LogP contribution in [-0.4, -0.2) is 37.9 Å². The summed E-state index contributed by atoms with van der Waals surface area (Å²) in [4.78, 5) is 36.1. The van der Waals surface area contributed by atoms with Crippen molar-refractivity contribution in [3.8, 4) is 5.75 Å². The minimum Gasteiger partial charge on any atom is -0.496 e. The van der Waals surface area contributed by atoms with E-state index in [-0.39, 0.29) is 30.1 Å². The van der Waals surface area contributed by atoms with Crippen LogP contribution in [0.2, 0.25) is 0 Å². The minimum atomic E-state index is -0.515. The third-order valence-corrected chi connectivity index (χ3v) is 7.21. The second-order valence-electron chi connectivity index (χ2n) is 9.61. The highest BCUT2D eigenvalue weighted by Crippen LogP contribution is 2.59. The maximum atomic E-state index is 12.3. The molecule has 0 heterocycles. The molecule has 6 heteroatoms. The number of benzene rings is 1. The number of carbonyl (C=O) groups excluding carboxylic acids is 3. The van der Waals surface area contributed by atoms with Crippen molar-refractivity contribution < 1.29 is 23.9 Å². The standard InChI is InChI=1S/C24H31NO5/c1-15(26)19-3-4-21(29-2)20(8-19)9-23(28)30-13-22(27)25-14-24-10-16-5-17(11-24)7-18(6-16)12-24/h3-4,8,16-18H,5-7,9-14H2,1-2H3,(H,25,27). The van der Waals surface area contributed by atoms with Crippen LogP contribution in [0.4, 0.5) is 0 Å². The fourth-order valence-corrected chi connectivity index (χ4v) is 6.33. The van der Waals surface area contributed by atoms with Crippen LogP contribution >= 0.6 is 0 Å². The van der Waals surface area contributed by atoms with E-state index in [0.717, 1.165) is 17.8 Å². The summed E-state index contributed by atoms with van der Waals surface area (Å²) in [5.41, 5.74) is 1.34. The highest BCUT2D eigenvalue weighted by Gasteiger charge is 2.50. The molecule has 162 valence electrons. The summed E-state index contributed by atoms with van der Waals surface area (Å²) < 4.78 is 10.5. The largest absolute Gasteiger partial charge is 0.496 e. The van der Waals surface area contributed by atoms with Crippen molar-refractivity contribution in [1.29, 1.82) is 0 Å². The summed E-state index contributed by atoms with van der Waals surface area (Å²) in [7, 11) is 1.51. The Balaban J connectivity index is 1.26. The van der Waals surface area contributed by atoms with E-state index in [4.69, 9.17) is 9.47 Å². The first kappa shape index (κ1) is 20.9. The summed E-state index contributed by atoms with van der Waals surface area (Å²) in [6.45, 7) is 1.89. The van der Waals surface area contributed by atoms with Gasteiger partial charge in [-0.25, -0.2) is 0 Å². The fourth-order valence-electron chi connectivity index (χ4n) is 6.33. The molecule has 4 aliphatic rings. The van der Waals surface area contributed by atoms with Crippen molar-refractivity contribution in [3.05, 3.63) is 29.3 Å². The Morgan fingerprint density at radius 3 is 2.27 bits per heavy atom. The molecule has 1 aromatic carbocycles. The van der Waals surface area contributed by atoms with Crippen LogP contribution in [0.25, 0.3) is 0 Å². The lowest BCUT2D eigenvalue weighted by molar-refractivity contribution is -0.148. The zero-order valence-corrected chi connectivity index (χ0v) is 17.9. The first-order valence-electron chi connectivity index (χ1n) is 11.0. The lowest BCUT2D eigenvalue weighted by Gasteiger charge is -2.56. The normalized spacial score (nSPS) is 28.8. The van der Waals surface area contributed by atoms with E-state index >= 15 is 0 Å². The van der Waals surface area contributed by atoms with E-state index in [1.54, 1.807) is 18.2 Å². The van der Waals surface area contributed by atoms with Gasteiger partial charge in [0.1, 0.15) is 5.75 Å². The molecular weight excluding hydrogens is 382 g/mol. The van der Waals surface area contributed by atoms with Gasteiger partial charge in [0, 0.05) is 17.7 Å². The Labute approximate surface area is 177 Å². The lowest BCUT2D eigenvalue weighted by atomic mass is 9.49. The van der Waals surface area contributed by atoms with Gasteiger partial charge in [-0.05, 0) is 86.8 Å². The molecule has 1 aromatic rings. The molecule has 0 unspecified atom stereocenters. The van der Waals surface area contributed by atoms with Crippen LogP contribution in [0, 0.1) is 23.2 Å². The average Bonchev–Trinajstić information content (AvgIpc) is 2.69. The third kappa shape index (κ3) is 4.52. The van der Waals surface area contributed by atoms with Gasteiger partial charge in [-0.1, -0.05) is 0 Å². The van der Waals surface area contributed by atoms with Gasteiger partial charge in [0.2, 0.25) is 0 Å². The molecule has 0 atom stereocenters. The molecule has 6 nitrogen and oxygen atoms in total. The summed E-state index contributed by atoms with van der Waals surface area (Å²) in [5.74, 6) is 2.19. The number of carbonyl (C=O) groups is 3. The highest BCUT2D eigenvalue weighted by atomic mass is 16.5. The van der Waals surface area contributed by atoms with Crippen molar-refractivity contribution in [2.75, 3.05) is 20.3 Å². The van der Waals surface area contributed by atoms with Gasteiger partial charge in [-0.2, -0.15) is 0 Å². The van der Waals surface area contributed by atoms with Crippen LogP contribution in [0.3, 0.4) is 0 Å². The molecule has 1 amide bonds. The molecule has 0 spiro atoms. The number of hydrogen-bond acceptors (Lipinski definition) is 5. The minimum absolute atomic E-state index is 0.0491. The van der Waals surface area contributed by atoms with Crippen molar-refractivity contribution in [3.63, 3.8) is 0 Å². The fraction of sp³-hybridized carbons (Fsp3) is 0.625. The Morgan fingerprint density at radius 2 is 1.70 bits per heavy atom. The summed E-state index contributed by atoms with van der Waals surface area (Å²) >= 11 is 0. The lowest BCUT2D eigenvalue weighted by Crippen LogP contribution is -2.51. The molecule has 0 saturated heterocycles. The van der Waals surface area contributed by atoms with Crippen LogP contribution in [0.1, 0.15) is 61.4 Å². The quantitative estimate of drug-likeness (QED) is 0.522. The maximum absolute atomic E-state index is 12.3. The average molecular weight is 414 g/mol. The van der Waals surface area contributed by atoms with Gasteiger partial charge in [-0.3, -0.25) is 14.4 Å². The number of nitrogens with one attached hydrogen (secondary N) is 1. The summed E-state index contributed by atoms with van der Waals surface area (Å²) in [6.07, 6.45) is 7.76. The van der Waals surface area contributed by atoms with Crippen molar-refractivity contribution in [2.24, 2.45) is 23.2 Å². The number of amides is 1. The van der Waals surface area contributed by atoms with Crippen molar-refractivity contribution in [1.82, 2.24) is 5.32 Å². The van der Waals surface area contributed by atoms with E-state index in [9.17, 15) is 14.4 Å². The SMILES string of the molecule is COc1ccc(C(C)=O)cc1CC(=O)OCC(=O)NCC12CC3CC(CC(C3)C1)C2. The van der Waals surface area contributed by atoms with E-state index in [2.05, 4.69) is 5.32 Å². The van der Waals surface area contributed by atoms with Gasteiger partial charge in [0.05, 0.1) is 13.5 Å². The first-order valence-corrected chi connectivity index (χ1v) is 11.0. The zero-order chi connectivity index (χ0) is 21.3. The van der Waals surface area contributed by atoms with Gasteiger partial charge in [0.25, 0.3) is 5.91 Å². The molecule has 0 aliphatic heterocycles. The first-order chi connectivity index (χ1) is 14.4. The predicted octanol–water partition coefficient (Wildman–Crippen LogP) is 3.32. The molecular formula is C24H31NO5. The van der Waals surface area contributed by atoms with Crippen molar-refractivity contribution >= 4 is 17.7 Å². The van der Waals surface area contributed by atoms with Gasteiger partial charge >= 0.3 is 5.97 Å². The Bertz CT molecular complexity index is 811. The zero-order valence-electron chi connectivity index (χ0n) is 17.9. The number of hydrogen-bond donors (Lipinski definition) is 1. The topological polar surface area (TPSA) is 81.7 Å². The monoisotopic (exact) mass is 413 g/mol. The molecule has 4 saturated carbocycles. The van der Waals surface area contributed by atoms with Crippen molar-refractivity contribution in [2.45, 2.75) is 51.9 Å². The Kier molecular flexibility index (Phi) is 5.85. The number of methoxy groups -OCH3 is 1. The molecule has 30 heavy (non-hydrogen) atoms. The third-order valence-electron chi connectivity index (χ3n) is 7.21. The van der Waals surface area contributed by atoms with Gasteiger partial charge < -0.3 is 14.8 Å². The van der Waals surface area contributed by atoms with E-state index in [1.165, 1.54) is 52.6 Å².